The summed E-state index contributed by atoms with van der Waals surface area (Å²) in [6, 6.07) is 5.20. The van der Waals surface area contributed by atoms with Crippen molar-refractivity contribution >= 4 is 18.2 Å². The number of amides is 1. The van der Waals surface area contributed by atoms with Crippen molar-refractivity contribution in [3.8, 4) is 0 Å². The van der Waals surface area contributed by atoms with Gasteiger partial charge in [-0.2, -0.15) is 0 Å². The second-order valence-corrected chi connectivity index (χ2v) is 6.55. The minimum absolute atomic E-state index is 0.193. The topological polar surface area (TPSA) is 117 Å². The van der Waals surface area contributed by atoms with Gasteiger partial charge in [-0.15, -0.1) is 0 Å². The van der Waals surface area contributed by atoms with Gasteiger partial charge in [0.1, 0.15) is 17.2 Å². The number of nitrogens with one attached hydrogen (secondary N) is 1. The Morgan fingerprint density at radius 3 is 2.68 bits per heavy atom. The average Bonchev–Trinajstić information content (AvgIpc) is 2.69. The predicted molar refractivity (Wildman–Crippen MR) is 104 cm³/mol. The first-order chi connectivity index (χ1) is 13.5. The second-order valence-electron chi connectivity index (χ2n) is 6.55. The Bertz CT molecular complexity index is 859. The van der Waals surface area contributed by atoms with Gasteiger partial charge in [0.05, 0.1) is 0 Å². The van der Waals surface area contributed by atoms with Crippen LogP contribution in [-0.2, 0) is 11.8 Å². The second kappa shape index (κ2) is 10.2. The Hall–Kier alpha value is -3.23. The normalized spacial score (nSPS) is 14.0. The Balaban J connectivity index is 0.000000878. The summed E-state index contributed by atoms with van der Waals surface area (Å²) in [5.41, 5.74) is -0.0761. The lowest BCUT2D eigenvalue weighted by Crippen LogP contribution is -2.40. The van der Waals surface area contributed by atoms with Crippen LogP contribution in [-0.4, -0.2) is 51.7 Å². The van der Waals surface area contributed by atoms with Crippen molar-refractivity contribution in [2.45, 2.75) is 19.8 Å². The minimum Gasteiger partial charge on any atom is -0.483 e. The summed E-state index contributed by atoms with van der Waals surface area (Å²) < 4.78 is 1.41. The number of hydrogen-bond acceptors (Lipinski definition) is 6. The van der Waals surface area contributed by atoms with E-state index in [-0.39, 0.29) is 23.5 Å². The first-order valence-electron chi connectivity index (χ1n) is 9.02. The van der Waals surface area contributed by atoms with E-state index in [2.05, 4.69) is 20.2 Å². The standard InChI is InChI=1S/C18H23N5O2.CH2O2/c1-13-19-8-5-16(21-13)23-10-6-14(7-11-23)12-20-17(24)15-4-3-9-22(2)18(15)25;2-1-3/h3-5,8-9,14H,6-7,10-12H2,1-2H3,(H,20,24);1H,(H,2,3). The van der Waals surface area contributed by atoms with Crippen molar-refractivity contribution in [1.29, 1.82) is 0 Å². The van der Waals surface area contributed by atoms with Crippen molar-refractivity contribution in [2.24, 2.45) is 13.0 Å². The molecule has 9 nitrogen and oxygen atoms in total. The maximum absolute atomic E-state index is 12.2. The summed E-state index contributed by atoms with van der Waals surface area (Å²) in [5, 5.41) is 9.79. The Morgan fingerprint density at radius 2 is 2.04 bits per heavy atom. The van der Waals surface area contributed by atoms with Gasteiger partial charge in [-0.1, -0.05) is 0 Å². The fourth-order valence-electron chi connectivity index (χ4n) is 3.09. The van der Waals surface area contributed by atoms with Crippen LogP contribution in [0.5, 0.6) is 0 Å². The molecule has 0 aromatic carbocycles. The third kappa shape index (κ3) is 5.63. The van der Waals surface area contributed by atoms with Gasteiger partial charge < -0.3 is 19.9 Å². The highest BCUT2D eigenvalue weighted by atomic mass is 16.3. The number of piperidine rings is 1. The van der Waals surface area contributed by atoms with Crippen LogP contribution < -0.4 is 15.8 Å². The molecular weight excluding hydrogens is 362 g/mol. The number of carbonyl (C=O) groups is 2. The van der Waals surface area contributed by atoms with Crippen LogP contribution in [0.1, 0.15) is 29.0 Å². The third-order valence-electron chi connectivity index (χ3n) is 4.62. The quantitative estimate of drug-likeness (QED) is 0.746. The number of rotatable bonds is 4. The molecule has 0 radical (unpaired) electrons. The zero-order valence-electron chi connectivity index (χ0n) is 16.0. The van der Waals surface area contributed by atoms with E-state index in [0.29, 0.717) is 12.5 Å². The molecule has 0 atom stereocenters. The molecule has 1 amide bonds. The number of pyridine rings is 1. The maximum atomic E-state index is 12.2. The number of anilines is 1. The van der Waals surface area contributed by atoms with E-state index in [4.69, 9.17) is 9.90 Å². The summed E-state index contributed by atoms with van der Waals surface area (Å²) in [7, 11) is 1.64. The molecule has 0 bridgehead atoms. The third-order valence-corrected chi connectivity index (χ3v) is 4.62. The van der Waals surface area contributed by atoms with E-state index >= 15 is 0 Å². The monoisotopic (exact) mass is 387 g/mol. The molecule has 0 unspecified atom stereocenters. The van der Waals surface area contributed by atoms with Crippen molar-refractivity contribution in [2.75, 3.05) is 24.5 Å². The zero-order valence-corrected chi connectivity index (χ0v) is 16.0. The lowest BCUT2D eigenvalue weighted by molar-refractivity contribution is -0.122. The summed E-state index contributed by atoms with van der Waals surface area (Å²) in [6.07, 6.45) is 5.39. The Morgan fingerprint density at radius 1 is 1.36 bits per heavy atom. The lowest BCUT2D eigenvalue weighted by atomic mass is 9.96. The summed E-state index contributed by atoms with van der Waals surface area (Å²) in [4.78, 5) is 43.4. The SMILES string of the molecule is Cc1nccc(N2CCC(CNC(=O)c3cccn(C)c3=O)CC2)n1.O=CO. The van der Waals surface area contributed by atoms with Gasteiger partial charge in [0, 0.05) is 39.1 Å². The lowest BCUT2D eigenvalue weighted by Gasteiger charge is -2.32. The van der Waals surface area contributed by atoms with Crippen LogP contribution in [0, 0.1) is 12.8 Å². The predicted octanol–water partition coefficient (Wildman–Crippen LogP) is 0.831. The highest BCUT2D eigenvalue weighted by molar-refractivity contribution is 5.93. The smallest absolute Gasteiger partial charge is 0.290 e. The molecule has 3 rings (SSSR count). The molecule has 150 valence electrons. The number of hydrogen-bond donors (Lipinski definition) is 2. The molecule has 1 aliphatic rings. The van der Waals surface area contributed by atoms with Crippen LogP contribution >= 0.6 is 0 Å². The van der Waals surface area contributed by atoms with E-state index < -0.39 is 0 Å². The van der Waals surface area contributed by atoms with Gasteiger partial charge in [-0.3, -0.25) is 14.4 Å². The summed E-state index contributed by atoms with van der Waals surface area (Å²) in [6.45, 7) is 4.04. The van der Waals surface area contributed by atoms with Gasteiger partial charge in [-0.05, 0) is 43.9 Å². The molecule has 1 saturated heterocycles. The molecule has 0 spiro atoms. The molecular formula is C19H25N5O4. The Labute approximate surface area is 163 Å². The molecule has 28 heavy (non-hydrogen) atoms. The van der Waals surface area contributed by atoms with Gasteiger partial charge in [0.25, 0.3) is 17.9 Å². The number of aryl methyl sites for hydroxylation is 2. The van der Waals surface area contributed by atoms with Crippen molar-refractivity contribution in [3.05, 3.63) is 52.3 Å². The van der Waals surface area contributed by atoms with Gasteiger partial charge in [0.15, 0.2) is 0 Å². The highest BCUT2D eigenvalue weighted by Crippen LogP contribution is 2.21. The van der Waals surface area contributed by atoms with Crippen molar-refractivity contribution in [1.82, 2.24) is 19.9 Å². The number of carboxylic acid groups (broad SMARTS) is 1. The van der Waals surface area contributed by atoms with Gasteiger partial charge in [0.2, 0.25) is 0 Å². The fourth-order valence-corrected chi connectivity index (χ4v) is 3.09. The number of carbonyl (C=O) groups excluding carboxylic acids is 1. The van der Waals surface area contributed by atoms with Crippen LogP contribution in [0.4, 0.5) is 5.82 Å². The van der Waals surface area contributed by atoms with Crippen molar-refractivity contribution < 1.29 is 14.7 Å². The Kier molecular flexibility index (Phi) is 7.67. The molecule has 0 saturated carbocycles. The minimum atomic E-state index is -0.296. The average molecular weight is 387 g/mol. The van der Waals surface area contributed by atoms with E-state index in [1.807, 2.05) is 13.0 Å². The van der Waals surface area contributed by atoms with Gasteiger partial charge in [-0.25, -0.2) is 9.97 Å². The first kappa shape index (κ1) is 21.1. The van der Waals surface area contributed by atoms with E-state index in [9.17, 15) is 9.59 Å². The largest absolute Gasteiger partial charge is 0.483 e. The van der Waals surface area contributed by atoms with E-state index in [0.717, 1.165) is 37.6 Å². The molecule has 9 heteroatoms. The fraction of sp³-hybridized carbons (Fsp3) is 0.421. The van der Waals surface area contributed by atoms with E-state index in [1.165, 1.54) is 4.57 Å². The van der Waals surface area contributed by atoms with Crippen LogP contribution in [0.15, 0.2) is 35.4 Å². The van der Waals surface area contributed by atoms with E-state index in [1.54, 1.807) is 31.6 Å². The summed E-state index contributed by atoms with van der Waals surface area (Å²) >= 11 is 0. The molecule has 1 fully saturated rings. The zero-order chi connectivity index (χ0) is 20.5. The molecule has 1 aliphatic heterocycles. The molecule has 0 aliphatic carbocycles. The van der Waals surface area contributed by atoms with Crippen molar-refractivity contribution in [3.63, 3.8) is 0 Å². The molecule has 3 heterocycles. The van der Waals surface area contributed by atoms with Crippen LogP contribution in [0.3, 0.4) is 0 Å². The van der Waals surface area contributed by atoms with Crippen LogP contribution in [0.25, 0.3) is 0 Å². The first-order valence-corrected chi connectivity index (χ1v) is 9.02. The van der Waals surface area contributed by atoms with Crippen LogP contribution in [0.2, 0.25) is 0 Å². The summed E-state index contributed by atoms with van der Waals surface area (Å²) in [5.74, 6) is 1.85. The molecule has 2 aromatic rings. The molecule has 2 aromatic heterocycles. The number of nitrogens with zero attached hydrogens (tertiary/aromatic N) is 4. The number of aromatic nitrogens is 3. The highest BCUT2D eigenvalue weighted by Gasteiger charge is 2.21. The maximum Gasteiger partial charge on any atom is 0.290 e. The molecule has 2 N–H and O–H groups in total. The van der Waals surface area contributed by atoms with Gasteiger partial charge >= 0.3 is 0 Å².